The summed E-state index contributed by atoms with van der Waals surface area (Å²) in [5, 5.41) is 0. The molecule has 0 atom stereocenters. The van der Waals surface area contributed by atoms with Crippen LogP contribution in [-0.4, -0.2) is 9.97 Å². The molecular formula is C7H4BrFN2. The molecule has 0 aliphatic rings. The highest BCUT2D eigenvalue weighted by Gasteiger charge is 2.02. The normalized spacial score (nSPS) is 10.7. The topological polar surface area (TPSA) is 28.7 Å². The molecule has 0 aliphatic carbocycles. The molecule has 0 radical (unpaired) electrons. The molecule has 2 nitrogen and oxygen atoms in total. The number of fused-ring (bicyclic) bond motifs is 1. The maximum absolute atomic E-state index is 12.5. The van der Waals surface area contributed by atoms with Gasteiger partial charge in [0.05, 0.1) is 5.52 Å². The lowest BCUT2D eigenvalue weighted by atomic mass is 10.3. The van der Waals surface area contributed by atoms with E-state index in [0.29, 0.717) is 11.0 Å². The number of aromatic nitrogens is 2. The van der Waals surface area contributed by atoms with Crippen LogP contribution in [0.25, 0.3) is 11.0 Å². The molecule has 0 bridgehead atoms. The molecule has 56 valence electrons. The molecule has 0 saturated heterocycles. The minimum Gasteiger partial charge on any atom is -0.314 e. The highest BCUT2D eigenvalue weighted by Crippen LogP contribution is 2.20. The molecule has 0 fully saturated rings. The van der Waals surface area contributed by atoms with E-state index in [9.17, 15) is 4.39 Å². The fraction of sp³-hybridized carbons (Fsp3) is 0. The summed E-state index contributed by atoms with van der Waals surface area (Å²) < 4.78 is 13.3. The van der Waals surface area contributed by atoms with Crippen molar-refractivity contribution >= 4 is 27.0 Å². The molecule has 2 aromatic rings. The molecule has 2 rings (SSSR count). The lowest BCUT2D eigenvalue weighted by Crippen LogP contribution is -1.70. The fourth-order valence-corrected chi connectivity index (χ4v) is 1.42. The highest BCUT2D eigenvalue weighted by atomic mass is 79.9. The van der Waals surface area contributed by atoms with Crippen molar-refractivity contribution in [2.24, 2.45) is 0 Å². The van der Waals surface area contributed by atoms with Gasteiger partial charge in [0.25, 0.3) is 6.08 Å². The van der Waals surface area contributed by atoms with Gasteiger partial charge in [0.1, 0.15) is 5.52 Å². The maximum Gasteiger partial charge on any atom is 0.287 e. The lowest BCUT2D eigenvalue weighted by molar-refractivity contribution is 0.556. The Labute approximate surface area is 70.6 Å². The molecule has 0 spiro atoms. The van der Waals surface area contributed by atoms with Crippen LogP contribution >= 0.6 is 15.9 Å². The van der Waals surface area contributed by atoms with Crippen molar-refractivity contribution in [3.05, 3.63) is 28.7 Å². The molecule has 4 heteroatoms. The third-order valence-corrected chi connectivity index (χ3v) is 2.07. The van der Waals surface area contributed by atoms with Crippen molar-refractivity contribution in [2.75, 3.05) is 0 Å². The Hall–Kier alpha value is -0.900. The molecule has 0 aliphatic heterocycles. The number of aromatic amines is 1. The van der Waals surface area contributed by atoms with E-state index in [1.165, 1.54) is 0 Å². The number of benzene rings is 1. The molecule has 0 amide bonds. The van der Waals surface area contributed by atoms with Crippen LogP contribution in [0.3, 0.4) is 0 Å². The third kappa shape index (κ3) is 1.03. The van der Waals surface area contributed by atoms with Crippen LogP contribution in [0.1, 0.15) is 0 Å². The van der Waals surface area contributed by atoms with Gasteiger partial charge in [-0.15, -0.1) is 0 Å². The summed E-state index contributed by atoms with van der Waals surface area (Å²) in [6.07, 6.45) is -0.549. The van der Waals surface area contributed by atoms with E-state index in [0.717, 1.165) is 4.47 Å². The van der Waals surface area contributed by atoms with Gasteiger partial charge in [-0.05, 0) is 28.1 Å². The first-order chi connectivity index (χ1) is 5.27. The van der Waals surface area contributed by atoms with Gasteiger partial charge < -0.3 is 4.98 Å². The molecule has 11 heavy (non-hydrogen) atoms. The summed E-state index contributed by atoms with van der Waals surface area (Å²) in [6.45, 7) is 0. The number of nitrogens with zero attached hydrogens (tertiary/aromatic N) is 1. The number of halogens is 2. The van der Waals surface area contributed by atoms with E-state index < -0.39 is 6.08 Å². The third-order valence-electron chi connectivity index (χ3n) is 1.43. The summed E-state index contributed by atoms with van der Waals surface area (Å²) in [4.78, 5) is 6.14. The zero-order chi connectivity index (χ0) is 7.84. The minimum absolute atomic E-state index is 0.549. The Morgan fingerprint density at radius 3 is 3.00 bits per heavy atom. The number of nitrogens with one attached hydrogen (secondary N) is 1. The largest absolute Gasteiger partial charge is 0.314 e. The maximum atomic E-state index is 12.5. The van der Waals surface area contributed by atoms with Crippen LogP contribution in [-0.2, 0) is 0 Å². The average Bonchev–Trinajstić information content (AvgIpc) is 2.31. The molecule has 1 aromatic heterocycles. The van der Waals surface area contributed by atoms with E-state index in [4.69, 9.17) is 0 Å². The zero-order valence-corrected chi connectivity index (χ0v) is 7.02. The highest BCUT2D eigenvalue weighted by molar-refractivity contribution is 9.10. The smallest absolute Gasteiger partial charge is 0.287 e. The second-order valence-corrected chi connectivity index (χ2v) is 3.02. The zero-order valence-electron chi connectivity index (χ0n) is 5.44. The van der Waals surface area contributed by atoms with Gasteiger partial charge in [-0.3, -0.25) is 0 Å². The Bertz CT molecular complexity index is 396. The summed E-state index contributed by atoms with van der Waals surface area (Å²) in [5.41, 5.74) is 1.34. The molecule has 1 aromatic carbocycles. The van der Waals surface area contributed by atoms with Crippen molar-refractivity contribution in [2.45, 2.75) is 0 Å². The molecule has 1 heterocycles. The summed E-state index contributed by atoms with van der Waals surface area (Å²) >= 11 is 3.26. The fourth-order valence-electron chi connectivity index (χ4n) is 0.967. The van der Waals surface area contributed by atoms with E-state index >= 15 is 0 Å². The van der Waals surface area contributed by atoms with E-state index in [1.807, 2.05) is 12.1 Å². The predicted molar refractivity (Wildman–Crippen MR) is 43.8 cm³/mol. The second-order valence-electron chi connectivity index (χ2n) is 2.16. The van der Waals surface area contributed by atoms with Gasteiger partial charge in [-0.25, -0.2) is 4.98 Å². The van der Waals surface area contributed by atoms with Crippen LogP contribution in [0, 0.1) is 6.08 Å². The first-order valence-electron chi connectivity index (χ1n) is 3.07. The minimum atomic E-state index is -0.549. The number of H-pyrrole nitrogens is 1. The van der Waals surface area contributed by atoms with E-state index in [-0.39, 0.29) is 0 Å². The van der Waals surface area contributed by atoms with Crippen LogP contribution < -0.4 is 0 Å². The van der Waals surface area contributed by atoms with Crippen LogP contribution in [0.5, 0.6) is 0 Å². The number of rotatable bonds is 0. The Morgan fingerprint density at radius 1 is 1.45 bits per heavy atom. The summed E-state index contributed by atoms with van der Waals surface area (Å²) in [6, 6.07) is 5.42. The first-order valence-corrected chi connectivity index (χ1v) is 3.86. The predicted octanol–water partition coefficient (Wildman–Crippen LogP) is 2.46. The second kappa shape index (κ2) is 2.30. The van der Waals surface area contributed by atoms with Gasteiger partial charge in [-0.2, -0.15) is 4.39 Å². The van der Waals surface area contributed by atoms with Crippen LogP contribution in [0.4, 0.5) is 4.39 Å². The van der Waals surface area contributed by atoms with Crippen molar-refractivity contribution in [3.63, 3.8) is 0 Å². The van der Waals surface area contributed by atoms with Crippen molar-refractivity contribution in [1.82, 2.24) is 9.97 Å². The van der Waals surface area contributed by atoms with Gasteiger partial charge in [0, 0.05) is 4.47 Å². The summed E-state index contributed by atoms with van der Waals surface area (Å²) in [5.74, 6) is 0. The van der Waals surface area contributed by atoms with Gasteiger partial charge in [0.15, 0.2) is 0 Å². The van der Waals surface area contributed by atoms with Gasteiger partial charge in [-0.1, -0.05) is 6.07 Å². The SMILES string of the molecule is Fc1nc2c(Br)cccc2[nH]1. The van der Waals surface area contributed by atoms with Crippen molar-refractivity contribution < 1.29 is 4.39 Å². The Kier molecular flexibility index (Phi) is 1.42. The van der Waals surface area contributed by atoms with Crippen molar-refractivity contribution in [1.29, 1.82) is 0 Å². The van der Waals surface area contributed by atoms with Gasteiger partial charge in [0.2, 0.25) is 0 Å². The number of hydrogen-bond donors (Lipinski definition) is 1. The van der Waals surface area contributed by atoms with E-state index in [2.05, 4.69) is 25.9 Å². The molecule has 0 unspecified atom stereocenters. The standard InChI is InChI=1S/C7H4BrFN2/c8-4-2-1-3-5-6(4)11-7(9)10-5/h1-3H,(H,10,11). The van der Waals surface area contributed by atoms with Crippen LogP contribution in [0.15, 0.2) is 22.7 Å². The number of para-hydroxylation sites is 1. The van der Waals surface area contributed by atoms with E-state index in [1.54, 1.807) is 6.07 Å². The first kappa shape index (κ1) is 6.79. The summed E-state index contributed by atoms with van der Waals surface area (Å²) in [7, 11) is 0. The molecular weight excluding hydrogens is 211 g/mol. The van der Waals surface area contributed by atoms with Gasteiger partial charge >= 0.3 is 0 Å². The average molecular weight is 215 g/mol. The Morgan fingerprint density at radius 2 is 2.27 bits per heavy atom. The number of hydrogen-bond acceptors (Lipinski definition) is 1. The Balaban J connectivity index is 2.90. The number of imidazole rings is 1. The lowest BCUT2D eigenvalue weighted by Gasteiger charge is -1.88. The van der Waals surface area contributed by atoms with Crippen LogP contribution in [0.2, 0.25) is 0 Å². The monoisotopic (exact) mass is 214 g/mol. The van der Waals surface area contributed by atoms with Crippen molar-refractivity contribution in [3.8, 4) is 0 Å². The quantitative estimate of drug-likeness (QED) is 0.718. The molecule has 0 saturated carbocycles. The molecule has 1 N–H and O–H groups in total.